The van der Waals surface area contributed by atoms with Gasteiger partial charge in [0.1, 0.15) is 37.9 Å². The Balaban J connectivity index is 1.36. The molecule has 0 spiro atoms. The number of carbonyl (C=O) groups excluding carboxylic acids is 4. The van der Waals surface area contributed by atoms with E-state index in [9.17, 15) is 19.2 Å². The molecule has 0 unspecified atom stereocenters. The maximum atomic E-state index is 13.9. The van der Waals surface area contributed by atoms with Crippen LogP contribution in [0.4, 0.5) is 11.4 Å². The SMILES string of the molecule is COCCOCCOCCOC(=O)c1cc(C#Cc2cc(C#Cc3cc(N=Cc4ccc(OC)cc4)cc(C(=O)OCCOCCOCCOC)c3)cc(C(=O)OCCOCCOCCOC)c2)cc(C#Cc2cc(N=Cc3ccc(OC)cc3)cc(C(=O)OCCOCCOCCOC)c2)c1. The summed E-state index contributed by atoms with van der Waals surface area (Å²) in [6, 6.07) is 33.8. The van der Waals surface area contributed by atoms with Gasteiger partial charge in [-0.25, -0.2) is 19.2 Å². The predicted octanol–water partition coefficient (Wildman–Crippen LogP) is 8.75. The molecule has 6 rings (SSSR count). The second-order valence-electron chi connectivity index (χ2n) is 21.4. The number of nitrogens with zero attached hydrogens (tertiary/aromatic N) is 2. The van der Waals surface area contributed by atoms with Gasteiger partial charge < -0.3 is 85.3 Å². The molecule has 0 heterocycles. The molecular formula is C78H88N2O22. The Bertz CT molecular complexity index is 3540. The summed E-state index contributed by atoms with van der Waals surface area (Å²) in [5, 5.41) is 0. The topological polar surface area (TPSA) is 259 Å². The molecule has 0 fully saturated rings. The zero-order chi connectivity index (χ0) is 72.5. The minimum Gasteiger partial charge on any atom is -0.497 e. The number of aliphatic imine (C=N–C) groups is 2. The first kappa shape index (κ1) is 81.3. The van der Waals surface area contributed by atoms with Crippen LogP contribution in [0.2, 0.25) is 0 Å². The molecule has 0 aliphatic rings. The van der Waals surface area contributed by atoms with Gasteiger partial charge in [0.15, 0.2) is 0 Å². The van der Waals surface area contributed by atoms with Gasteiger partial charge in [0.05, 0.1) is 180 Å². The third-order valence-electron chi connectivity index (χ3n) is 13.7. The van der Waals surface area contributed by atoms with Crippen LogP contribution in [0, 0.1) is 35.5 Å². The highest BCUT2D eigenvalue weighted by molar-refractivity contribution is 5.94. The van der Waals surface area contributed by atoms with Crippen molar-refractivity contribution in [3.63, 3.8) is 0 Å². The van der Waals surface area contributed by atoms with Crippen LogP contribution in [-0.4, -0.2) is 238 Å². The van der Waals surface area contributed by atoms with Crippen LogP contribution < -0.4 is 9.47 Å². The van der Waals surface area contributed by atoms with E-state index in [0.717, 1.165) is 11.1 Å². The van der Waals surface area contributed by atoms with E-state index in [0.29, 0.717) is 149 Å². The summed E-state index contributed by atoms with van der Waals surface area (Å²) in [7, 11) is 9.50. The Kier molecular flexibility index (Phi) is 39.7. The first-order valence-corrected chi connectivity index (χ1v) is 32.8. The highest BCUT2D eigenvalue weighted by Gasteiger charge is 2.16. The second kappa shape index (κ2) is 49.8. The Labute approximate surface area is 596 Å². The third-order valence-corrected chi connectivity index (χ3v) is 13.7. The Morgan fingerprint density at radius 1 is 0.275 bits per heavy atom. The summed E-state index contributed by atoms with van der Waals surface area (Å²) in [6.45, 7) is 6.15. The molecule has 0 bridgehead atoms. The fourth-order valence-corrected chi connectivity index (χ4v) is 8.61. The fourth-order valence-electron chi connectivity index (χ4n) is 8.61. The first-order chi connectivity index (χ1) is 50.0. The van der Waals surface area contributed by atoms with Crippen LogP contribution in [0.25, 0.3) is 0 Å². The normalized spacial score (nSPS) is 10.9. The van der Waals surface area contributed by atoms with E-state index >= 15 is 0 Å². The van der Waals surface area contributed by atoms with Crippen molar-refractivity contribution in [3.8, 4) is 47.0 Å². The minimum absolute atomic E-state index is 0.0328. The number of hydrogen-bond donors (Lipinski definition) is 0. The standard InChI is InChI=1S/C78H88N2O22/c1-85-21-25-91-29-33-95-37-41-99-75(81)67-47-61(45-63(49-67)9-11-65-51-69(77(83)101-43-39-97-35-31-93-27-23-87-3)55-71(53-65)79-57-59-13-17-73(89-5)18-14-59)7-8-62-46-64(50-68(48-62)76(82)100-42-38-96-34-30-92-26-22-86-2)10-12-66-52-70(78(84)102-44-40-98-36-32-94-28-24-88-4)56-72(54-66)80-58-60-15-19-74(90-6)20-16-60/h13-20,45-58H,21-44H2,1-6H3. The Hall–Kier alpha value is -9.66. The smallest absolute Gasteiger partial charge is 0.338 e. The predicted molar refractivity (Wildman–Crippen MR) is 379 cm³/mol. The number of methoxy groups -OCH3 is 6. The van der Waals surface area contributed by atoms with Crippen LogP contribution in [0.3, 0.4) is 0 Å². The summed E-state index contributed by atoms with van der Waals surface area (Å²) in [6.07, 6.45) is 3.28. The van der Waals surface area contributed by atoms with Crippen LogP contribution in [0.5, 0.6) is 11.5 Å². The van der Waals surface area contributed by atoms with Crippen molar-refractivity contribution in [2.24, 2.45) is 9.98 Å². The molecule has 0 saturated heterocycles. The van der Waals surface area contributed by atoms with Crippen LogP contribution in [0.15, 0.2) is 131 Å². The van der Waals surface area contributed by atoms with Gasteiger partial charge in [-0.3, -0.25) is 9.98 Å². The van der Waals surface area contributed by atoms with Crippen molar-refractivity contribution in [1.82, 2.24) is 0 Å². The monoisotopic (exact) mass is 1400 g/mol. The zero-order valence-corrected chi connectivity index (χ0v) is 58.5. The van der Waals surface area contributed by atoms with E-state index in [2.05, 4.69) is 45.5 Å². The van der Waals surface area contributed by atoms with E-state index in [1.807, 2.05) is 24.3 Å². The van der Waals surface area contributed by atoms with Gasteiger partial charge in [0.25, 0.3) is 0 Å². The lowest BCUT2D eigenvalue weighted by Crippen LogP contribution is -2.14. The molecular weight excluding hydrogens is 1320 g/mol. The molecule has 0 N–H and O–H groups in total. The second-order valence-corrected chi connectivity index (χ2v) is 21.4. The number of benzene rings is 6. The van der Waals surface area contributed by atoms with Gasteiger partial charge in [-0.1, -0.05) is 35.5 Å². The van der Waals surface area contributed by atoms with Crippen molar-refractivity contribution < 1.29 is 104 Å². The van der Waals surface area contributed by atoms with Crippen molar-refractivity contribution in [2.45, 2.75) is 0 Å². The molecule has 0 atom stereocenters. The van der Waals surface area contributed by atoms with Gasteiger partial charge in [0.2, 0.25) is 0 Å². The van der Waals surface area contributed by atoms with E-state index in [1.165, 1.54) is 0 Å². The van der Waals surface area contributed by atoms with Gasteiger partial charge in [-0.2, -0.15) is 0 Å². The largest absolute Gasteiger partial charge is 0.497 e. The lowest BCUT2D eigenvalue weighted by atomic mass is 10.0. The number of carbonyl (C=O) groups is 4. The van der Waals surface area contributed by atoms with Gasteiger partial charge in [-0.05, 0) is 132 Å². The van der Waals surface area contributed by atoms with Crippen molar-refractivity contribution in [3.05, 3.63) is 188 Å². The van der Waals surface area contributed by atoms with E-state index in [-0.39, 0.29) is 88.3 Å². The molecule has 0 aromatic heterocycles. The Morgan fingerprint density at radius 3 is 0.725 bits per heavy atom. The number of hydrogen-bond acceptors (Lipinski definition) is 24. The summed E-state index contributed by atoms with van der Waals surface area (Å²) in [5.41, 5.74) is 5.01. The number of esters is 4. The maximum Gasteiger partial charge on any atom is 0.338 e. The summed E-state index contributed by atoms with van der Waals surface area (Å²) in [4.78, 5) is 64.5. The fraction of sp³-hybridized carbons (Fsp3) is 0.385. The van der Waals surface area contributed by atoms with Crippen molar-refractivity contribution in [1.29, 1.82) is 0 Å². The van der Waals surface area contributed by atoms with Crippen molar-refractivity contribution in [2.75, 3.05) is 201 Å². The molecule has 0 aliphatic heterocycles. The first-order valence-electron chi connectivity index (χ1n) is 32.8. The average Bonchev–Trinajstić information content (AvgIpc) is 0.841. The number of ether oxygens (including phenoxy) is 18. The molecule has 102 heavy (non-hydrogen) atoms. The van der Waals surface area contributed by atoms with Crippen LogP contribution >= 0.6 is 0 Å². The molecule has 0 aliphatic carbocycles. The van der Waals surface area contributed by atoms with E-state index < -0.39 is 23.9 Å². The maximum absolute atomic E-state index is 13.9. The average molecular weight is 1410 g/mol. The molecule has 24 heteroatoms. The molecule has 0 amide bonds. The third kappa shape index (κ3) is 33.2. The molecule has 0 radical (unpaired) electrons. The quantitative estimate of drug-likeness (QED) is 0.0114. The number of rotatable bonds is 46. The van der Waals surface area contributed by atoms with Crippen LogP contribution in [-0.2, 0) is 75.8 Å². The molecule has 6 aromatic rings. The van der Waals surface area contributed by atoms with Crippen LogP contribution in [0.1, 0.15) is 85.9 Å². The molecule has 0 saturated carbocycles. The summed E-state index contributed by atoms with van der Waals surface area (Å²) < 4.78 is 97.5. The highest BCUT2D eigenvalue weighted by Crippen LogP contribution is 2.23. The van der Waals surface area contributed by atoms with Gasteiger partial charge in [-0.15, -0.1) is 0 Å². The zero-order valence-electron chi connectivity index (χ0n) is 58.5. The minimum atomic E-state index is -0.689. The van der Waals surface area contributed by atoms with Crippen molar-refractivity contribution >= 4 is 47.7 Å². The van der Waals surface area contributed by atoms with Gasteiger partial charge >= 0.3 is 23.9 Å². The lowest BCUT2D eigenvalue weighted by molar-refractivity contribution is 0.00552. The molecule has 542 valence electrons. The molecule has 6 aromatic carbocycles. The summed E-state index contributed by atoms with van der Waals surface area (Å²) >= 11 is 0. The highest BCUT2D eigenvalue weighted by atomic mass is 16.6. The van der Waals surface area contributed by atoms with E-state index in [4.69, 9.17) is 85.3 Å². The van der Waals surface area contributed by atoms with E-state index in [1.54, 1.807) is 152 Å². The summed E-state index contributed by atoms with van der Waals surface area (Å²) in [5.74, 6) is 17.6. The Morgan fingerprint density at radius 2 is 0.490 bits per heavy atom. The lowest BCUT2D eigenvalue weighted by Gasteiger charge is -2.08. The molecule has 24 nitrogen and oxygen atoms in total. The van der Waals surface area contributed by atoms with Gasteiger partial charge in [0, 0.05) is 74.2 Å².